The summed E-state index contributed by atoms with van der Waals surface area (Å²) in [5.74, 6) is 0.00807. The molecule has 1 amide bonds. The van der Waals surface area contributed by atoms with E-state index in [1.807, 2.05) is 0 Å². The lowest BCUT2D eigenvalue weighted by Crippen LogP contribution is -2.25. The zero-order valence-electron chi connectivity index (χ0n) is 15.6. The molecule has 26 heavy (non-hydrogen) atoms. The summed E-state index contributed by atoms with van der Waals surface area (Å²) in [5, 5.41) is 6.20. The van der Waals surface area contributed by atoms with E-state index < -0.39 is 0 Å². The molecule has 10 heteroatoms. The molecule has 0 aliphatic rings. The van der Waals surface area contributed by atoms with Crippen molar-refractivity contribution in [3.05, 3.63) is 10.4 Å². The van der Waals surface area contributed by atoms with Crippen LogP contribution in [0.5, 0.6) is 0 Å². The second-order valence-electron chi connectivity index (χ2n) is 5.35. The number of carbonyl (C=O) groups excluding carboxylic acids is 1. The molecule has 0 rings (SSSR count). The van der Waals surface area contributed by atoms with Gasteiger partial charge in [-0.25, -0.2) is 0 Å². The van der Waals surface area contributed by atoms with Crippen molar-refractivity contribution in [1.82, 2.24) is 5.32 Å². The topological polar surface area (TPSA) is 141 Å². The van der Waals surface area contributed by atoms with E-state index in [9.17, 15) is 4.79 Å². The van der Waals surface area contributed by atoms with E-state index in [1.165, 1.54) is 0 Å². The van der Waals surface area contributed by atoms with Gasteiger partial charge in [-0.2, -0.15) is 0 Å². The molecule has 0 heterocycles. The van der Waals surface area contributed by atoms with Gasteiger partial charge in [-0.1, -0.05) is 11.5 Å². The van der Waals surface area contributed by atoms with Crippen LogP contribution in [-0.4, -0.2) is 78.4 Å². The van der Waals surface area contributed by atoms with Crippen LogP contribution in [0.15, 0.2) is 5.11 Å². The molecule has 0 aromatic rings. The lowest BCUT2D eigenvalue weighted by Gasteiger charge is -2.07. The summed E-state index contributed by atoms with van der Waals surface area (Å²) in [6.45, 7) is 5.31. The number of nitrogens with zero attached hydrogens (tertiary/aromatic N) is 3. The minimum atomic E-state index is 0.00807. The summed E-state index contributed by atoms with van der Waals surface area (Å²) in [6, 6.07) is 0. The van der Waals surface area contributed by atoms with Gasteiger partial charge in [0.1, 0.15) is 0 Å². The van der Waals surface area contributed by atoms with Crippen LogP contribution in [0, 0.1) is 0 Å². The van der Waals surface area contributed by atoms with Crippen LogP contribution >= 0.6 is 0 Å². The molecule has 10 nitrogen and oxygen atoms in total. The number of hydrogen-bond acceptors (Lipinski definition) is 7. The van der Waals surface area contributed by atoms with Crippen LogP contribution in [0.1, 0.15) is 25.7 Å². The minimum Gasteiger partial charge on any atom is -0.379 e. The Hall–Kier alpha value is -1.42. The maximum atomic E-state index is 11.5. The molecule has 0 unspecified atom stereocenters. The minimum absolute atomic E-state index is 0.00807. The Morgan fingerprint density at radius 2 is 1.46 bits per heavy atom. The van der Waals surface area contributed by atoms with Crippen molar-refractivity contribution in [3.63, 3.8) is 0 Å². The van der Waals surface area contributed by atoms with E-state index in [-0.39, 0.29) is 5.91 Å². The van der Waals surface area contributed by atoms with Crippen molar-refractivity contribution in [2.75, 3.05) is 72.5 Å². The van der Waals surface area contributed by atoms with Crippen LogP contribution < -0.4 is 11.1 Å². The van der Waals surface area contributed by atoms with Crippen molar-refractivity contribution in [1.29, 1.82) is 0 Å². The molecule has 0 spiro atoms. The SMILES string of the molecule is [N-]=[N+]=NCCOCCOCCOCCOCCC(=O)NCCCCCN. The first-order valence-electron chi connectivity index (χ1n) is 9.10. The van der Waals surface area contributed by atoms with Gasteiger partial charge in [0.25, 0.3) is 0 Å². The summed E-state index contributed by atoms with van der Waals surface area (Å²) in [7, 11) is 0. The van der Waals surface area contributed by atoms with Gasteiger partial charge in [0.2, 0.25) is 5.91 Å². The Morgan fingerprint density at radius 3 is 2.04 bits per heavy atom. The first kappa shape index (κ1) is 24.6. The molecule has 0 saturated heterocycles. The predicted octanol–water partition coefficient (Wildman–Crippen LogP) is 0.998. The molecule has 0 aliphatic carbocycles. The van der Waals surface area contributed by atoms with Crippen molar-refractivity contribution < 1.29 is 23.7 Å². The smallest absolute Gasteiger partial charge is 0.222 e. The molecule has 152 valence electrons. The summed E-state index contributed by atoms with van der Waals surface area (Å²) in [4.78, 5) is 14.1. The number of carbonyl (C=O) groups is 1. The highest BCUT2D eigenvalue weighted by atomic mass is 16.6. The highest BCUT2D eigenvalue weighted by molar-refractivity contribution is 5.75. The molecule has 0 radical (unpaired) electrons. The van der Waals surface area contributed by atoms with E-state index in [0.29, 0.717) is 78.9 Å². The van der Waals surface area contributed by atoms with E-state index in [1.54, 1.807) is 0 Å². The molecule has 0 aromatic carbocycles. The second kappa shape index (κ2) is 21.6. The Labute approximate surface area is 155 Å². The van der Waals surface area contributed by atoms with E-state index >= 15 is 0 Å². The van der Waals surface area contributed by atoms with Gasteiger partial charge in [0.15, 0.2) is 0 Å². The van der Waals surface area contributed by atoms with Crippen molar-refractivity contribution >= 4 is 5.91 Å². The number of ether oxygens (including phenoxy) is 4. The number of rotatable bonds is 20. The third-order valence-electron chi connectivity index (χ3n) is 3.19. The molecule has 0 atom stereocenters. The Kier molecular flexibility index (Phi) is 20.4. The molecular weight excluding hydrogens is 342 g/mol. The zero-order valence-corrected chi connectivity index (χ0v) is 15.6. The first-order chi connectivity index (χ1) is 12.8. The number of nitrogens with two attached hydrogens (primary N) is 1. The lowest BCUT2D eigenvalue weighted by atomic mass is 10.2. The van der Waals surface area contributed by atoms with Gasteiger partial charge in [0, 0.05) is 24.4 Å². The van der Waals surface area contributed by atoms with Gasteiger partial charge < -0.3 is 30.0 Å². The fourth-order valence-corrected chi connectivity index (χ4v) is 1.84. The van der Waals surface area contributed by atoms with E-state index in [0.717, 1.165) is 19.3 Å². The largest absolute Gasteiger partial charge is 0.379 e. The van der Waals surface area contributed by atoms with Crippen LogP contribution in [0.2, 0.25) is 0 Å². The number of nitrogens with one attached hydrogen (secondary N) is 1. The second-order valence-corrected chi connectivity index (χ2v) is 5.35. The van der Waals surface area contributed by atoms with Gasteiger partial charge in [0.05, 0.1) is 52.9 Å². The van der Waals surface area contributed by atoms with Gasteiger partial charge in [-0.05, 0) is 24.9 Å². The van der Waals surface area contributed by atoms with Crippen molar-refractivity contribution in [3.8, 4) is 0 Å². The van der Waals surface area contributed by atoms with Crippen LogP contribution in [0.25, 0.3) is 10.4 Å². The molecular formula is C16H33N5O5. The van der Waals surface area contributed by atoms with Crippen molar-refractivity contribution in [2.45, 2.75) is 25.7 Å². The summed E-state index contributed by atoms with van der Waals surface area (Å²) in [5.41, 5.74) is 13.5. The van der Waals surface area contributed by atoms with Crippen molar-refractivity contribution in [2.24, 2.45) is 10.8 Å². The quantitative estimate of drug-likeness (QED) is 0.141. The summed E-state index contributed by atoms with van der Waals surface area (Å²) >= 11 is 0. The average Bonchev–Trinajstić information content (AvgIpc) is 2.64. The zero-order chi connectivity index (χ0) is 19.1. The maximum Gasteiger partial charge on any atom is 0.222 e. The number of hydrogen-bond donors (Lipinski definition) is 2. The Morgan fingerprint density at radius 1 is 0.885 bits per heavy atom. The Bertz CT molecular complexity index is 367. The standard InChI is InChI=1S/C16H33N5O5/c17-5-2-1-3-6-19-16(22)4-8-23-10-12-25-14-15-26-13-11-24-9-7-20-21-18/h1-15,17H2,(H,19,22). The highest BCUT2D eigenvalue weighted by Crippen LogP contribution is 1.92. The monoisotopic (exact) mass is 375 g/mol. The Balaban J connectivity index is 3.12. The summed E-state index contributed by atoms with van der Waals surface area (Å²) < 4.78 is 21.2. The summed E-state index contributed by atoms with van der Waals surface area (Å²) in [6.07, 6.45) is 3.36. The molecule has 0 fully saturated rings. The molecule has 0 aliphatic heterocycles. The van der Waals surface area contributed by atoms with E-state index in [2.05, 4.69) is 15.3 Å². The van der Waals surface area contributed by atoms with Gasteiger partial charge >= 0.3 is 0 Å². The number of amides is 1. The molecule has 0 bridgehead atoms. The third kappa shape index (κ3) is 20.6. The maximum absolute atomic E-state index is 11.5. The average molecular weight is 375 g/mol. The van der Waals surface area contributed by atoms with Crippen LogP contribution in [-0.2, 0) is 23.7 Å². The molecule has 0 saturated carbocycles. The van der Waals surface area contributed by atoms with E-state index in [4.69, 9.17) is 30.2 Å². The van der Waals surface area contributed by atoms with Gasteiger partial charge in [-0.15, -0.1) is 0 Å². The normalized spacial score (nSPS) is 10.5. The number of azide groups is 1. The highest BCUT2D eigenvalue weighted by Gasteiger charge is 2.00. The molecule has 3 N–H and O–H groups in total. The fraction of sp³-hybridized carbons (Fsp3) is 0.938. The van der Waals surface area contributed by atoms with Crippen LogP contribution in [0.3, 0.4) is 0 Å². The number of unbranched alkanes of at least 4 members (excludes halogenated alkanes) is 2. The predicted molar refractivity (Wildman–Crippen MR) is 97.8 cm³/mol. The third-order valence-corrected chi connectivity index (χ3v) is 3.19. The molecule has 0 aromatic heterocycles. The van der Waals surface area contributed by atoms with Gasteiger partial charge in [-0.3, -0.25) is 4.79 Å². The fourth-order valence-electron chi connectivity index (χ4n) is 1.84. The lowest BCUT2D eigenvalue weighted by molar-refractivity contribution is -0.122. The first-order valence-corrected chi connectivity index (χ1v) is 9.10. The van der Waals surface area contributed by atoms with Crippen LogP contribution in [0.4, 0.5) is 0 Å².